The SMILES string of the molecule is COc1ncnc2c1C(c1cccc([N+](=O)[O-])c1)C(OC(=O)OC(C)C)=C(C)N2. The average molecular weight is 400 g/mol. The Morgan fingerprint density at radius 2 is 2.07 bits per heavy atom. The Labute approximate surface area is 166 Å². The van der Waals surface area contributed by atoms with Crippen molar-refractivity contribution >= 4 is 17.7 Å². The molecule has 0 spiro atoms. The Kier molecular flexibility index (Phi) is 5.62. The van der Waals surface area contributed by atoms with E-state index in [-0.39, 0.29) is 23.4 Å². The van der Waals surface area contributed by atoms with Crippen molar-refractivity contribution in [1.82, 2.24) is 9.97 Å². The molecule has 1 aromatic heterocycles. The van der Waals surface area contributed by atoms with Gasteiger partial charge in [0.05, 0.1) is 35.3 Å². The van der Waals surface area contributed by atoms with Gasteiger partial charge in [-0.2, -0.15) is 0 Å². The third kappa shape index (κ3) is 4.10. The van der Waals surface area contributed by atoms with E-state index in [1.165, 1.54) is 25.6 Å². The maximum Gasteiger partial charge on any atom is 0.513 e. The summed E-state index contributed by atoms with van der Waals surface area (Å²) in [7, 11) is 1.45. The van der Waals surface area contributed by atoms with Gasteiger partial charge in [-0.3, -0.25) is 10.1 Å². The molecule has 0 amide bonds. The van der Waals surface area contributed by atoms with Gasteiger partial charge >= 0.3 is 6.16 Å². The molecule has 0 saturated carbocycles. The van der Waals surface area contributed by atoms with E-state index >= 15 is 0 Å². The highest BCUT2D eigenvalue weighted by Gasteiger charge is 2.36. The molecule has 0 fully saturated rings. The highest BCUT2D eigenvalue weighted by molar-refractivity contribution is 5.68. The third-order valence-electron chi connectivity index (χ3n) is 4.21. The van der Waals surface area contributed by atoms with Gasteiger partial charge in [0.1, 0.15) is 17.9 Å². The van der Waals surface area contributed by atoms with Crippen molar-refractivity contribution in [3.05, 3.63) is 63.3 Å². The first-order valence-corrected chi connectivity index (χ1v) is 8.81. The van der Waals surface area contributed by atoms with E-state index in [0.717, 1.165) is 0 Å². The van der Waals surface area contributed by atoms with Crippen LogP contribution in [0.4, 0.5) is 16.3 Å². The fraction of sp³-hybridized carbons (Fsp3) is 0.316. The second kappa shape index (κ2) is 8.13. The molecule has 1 unspecified atom stereocenters. The molecule has 29 heavy (non-hydrogen) atoms. The smallest absolute Gasteiger partial charge is 0.481 e. The summed E-state index contributed by atoms with van der Waals surface area (Å²) in [5, 5.41) is 14.3. The van der Waals surface area contributed by atoms with Crippen molar-refractivity contribution < 1.29 is 23.9 Å². The first-order valence-electron chi connectivity index (χ1n) is 8.81. The van der Waals surface area contributed by atoms with E-state index in [0.29, 0.717) is 22.6 Å². The lowest BCUT2D eigenvalue weighted by Crippen LogP contribution is -2.24. The molecule has 0 bridgehead atoms. The fourth-order valence-electron chi connectivity index (χ4n) is 3.07. The fourth-order valence-corrected chi connectivity index (χ4v) is 3.07. The Hall–Kier alpha value is -3.69. The number of nitro benzene ring substituents is 1. The second-order valence-corrected chi connectivity index (χ2v) is 6.56. The van der Waals surface area contributed by atoms with Crippen LogP contribution in [0.1, 0.15) is 37.8 Å². The standard InChI is InChI=1S/C19H20N4O6/c1-10(2)28-19(24)29-16-11(3)22-17-15(18(27-4)21-9-20-17)14(16)12-6-5-7-13(8-12)23(25)26/h5-10,14H,1-4H3,(H,20,21,22). The molecule has 2 heterocycles. The molecule has 152 valence electrons. The quantitative estimate of drug-likeness (QED) is 0.453. The molecular formula is C19H20N4O6. The first-order chi connectivity index (χ1) is 13.8. The molecule has 3 rings (SSSR count). The average Bonchev–Trinajstić information content (AvgIpc) is 2.67. The molecular weight excluding hydrogens is 380 g/mol. The summed E-state index contributed by atoms with van der Waals surface area (Å²) in [5.74, 6) is 0.207. The maximum atomic E-state index is 12.2. The van der Waals surface area contributed by atoms with E-state index < -0.39 is 17.0 Å². The highest BCUT2D eigenvalue weighted by Crippen LogP contribution is 2.45. The minimum atomic E-state index is -0.883. The number of aromatic nitrogens is 2. The van der Waals surface area contributed by atoms with Crippen molar-refractivity contribution in [3.8, 4) is 5.88 Å². The van der Waals surface area contributed by atoms with E-state index in [1.54, 1.807) is 32.9 Å². The number of rotatable bonds is 5. The van der Waals surface area contributed by atoms with Gasteiger partial charge in [0.25, 0.3) is 5.69 Å². The topological polar surface area (TPSA) is 126 Å². The number of carbonyl (C=O) groups is 1. The molecule has 1 aliphatic heterocycles. The summed E-state index contributed by atoms with van der Waals surface area (Å²) in [6, 6.07) is 6.05. The lowest BCUT2D eigenvalue weighted by Gasteiger charge is -2.29. The van der Waals surface area contributed by atoms with Crippen LogP contribution in [0.15, 0.2) is 42.0 Å². The first kappa shape index (κ1) is 20.1. The maximum absolute atomic E-state index is 12.2. The highest BCUT2D eigenvalue weighted by atomic mass is 16.7. The van der Waals surface area contributed by atoms with Crippen LogP contribution in [0.25, 0.3) is 0 Å². The van der Waals surface area contributed by atoms with Crippen molar-refractivity contribution in [1.29, 1.82) is 0 Å². The summed E-state index contributed by atoms with van der Waals surface area (Å²) >= 11 is 0. The Morgan fingerprint density at radius 3 is 2.72 bits per heavy atom. The lowest BCUT2D eigenvalue weighted by atomic mass is 9.87. The Morgan fingerprint density at radius 1 is 1.31 bits per heavy atom. The number of nitrogens with zero attached hydrogens (tertiary/aromatic N) is 3. The minimum absolute atomic E-state index is 0.0971. The zero-order chi connectivity index (χ0) is 21.1. The molecule has 2 aromatic rings. The van der Waals surface area contributed by atoms with Crippen LogP contribution < -0.4 is 10.1 Å². The largest absolute Gasteiger partial charge is 0.513 e. The second-order valence-electron chi connectivity index (χ2n) is 6.56. The number of benzene rings is 1. The van der Waals surface area contributed by atoms with Gasteiger partial charge in [0.2, 0.25) is 5.88 Å². The van der Waals surface area contributed by atoms with Gasteiger partial charge < -0.3 is 19.5 Å². The normalized spacial score (nSPS) is 15.4. The predicted octanol–water partition coefficient (Wildman–Crippen LogP) is 3.74. The van der Waals surface area contributed by atoms with Gasteiger partial charge in [-0.05, 0) is 26.3 Å². The van der Waals surface area contributed by atoms with Gasteiger partial charge in [-0.25, -0.2) is 14.8 Å². The number of allylic oxidation sites excluding steroid dienone is 2. The van der Waals surface area contributed by atoms with Crippen LogP contribution in [0.5, 0.6) is 5.88 Å². The number of nitrogens with one attached hydrogen (secondary N) is 1. The van der Waals surface area contributed by atoms with E-state index in [9.17, 15) is 14.9 Å². The third-order valence-corrected chi connectivity index (χ3v) is 4.21. The van der Waals surface area contributed by atoms with E-state index in [4.69, 9.17) is 14.2 Å². The van der Waals surface area contributed by atoms with Gasteiger partial charge in [-0.1, -0.05) is 12.1 Å². The molecule has 1 aliphatic rings. The van der Waals surface area contributed by atoms with Crippen LogP contribution in [0, 0.1) is 10.1 Å². The Bertz CT molecular complexity index is 988. The molecule has 10 nitrogen and oxygen atoms in total. The number of carbonyl (C=O) groups excluding carboxylic acids is 1. The van der Waals surface area contributed by atoms with Crippen molar-refractivity contribution in [3.63, 3.8) is 0 Å². The summed E-state index contributed by atoms with van der Waals surface area (Å²) in [5.41, 5.74) is 1.42. The van der Waals surface area contributed by atoms with Crippen molar-refractivity contribution in [2.75, 3.05) is 12.4 Å². The molecule has 1 N–H and O–H groups in total. The number of anilines is 1. The molecule has 0 radical (unpaired) electrons. The van der Waals surface area contributed by atoms with Crippen LogP contribution in [-0.2, 0) is 9.47 Å². The summed E-state index contributed by atoms with van der Waals surface area (Å²) in [4.78, 5) is 31.4. The molecule has 1 atom stereocenters. The molecule has 0 aliphatic carbocycles. The number of hydrogen-bond acceptors (Lipinski definition) is 9. The van der Waals surface area contributed by atoms with E-state index in [2.05, 4.69) is 15.3 Å². The number of fused-ring (bicyclic) bond motifs is 1. The van der Waals surface area contributed by atoms with Gasteiger partial charge in [0.15, 0.2) is 0 Å². The van der Waals surface area contributed by atoms with Crippen LogP contribution in [0.2, 0.25) is 0 Å². The molecule has 1 aromatic carbocycles. The number of non-ortho nitro benzene ring substituents is 1. The number of ether oxygens (including phenoxy) is 3. The van der Waals surface area contributed by atoms with Crippen LogP contribution in [-0.4, -0.2) is 34.3 Å². The molecule has 0 saturated heterocycles. The number of hydrogen-bond donors (Lipinski definition) is 1. The Balaban J connectivity index is 2.17. The van der Waals surface area contributed by atoms with Crippen molar-refractivity contribution in [2.45, 2.75) is 32.8 Å². The summed E-state index contributed by atoms with van der Waals surface area (Å²) < 4.78 is 16.0. The van der Waals surface area contributed by atoms with Crippen LogP contribution >= 0.6 is 0 Å². The number of methoxy groups -OCH3 is 1. The van der Waals surface area contributed by atoms with Gasteiger partial charge in [0, 0.05) is 12.1 Å². The zero-order valence-electron chi connectivity index (χ0n) is 16.3. The molecule has 10 heteroatoms. The summed E-state index contributed by atoms with van der Waals surface area (Å²) in [6.45, 7) is 5.11. The summed E-state index contributed by atoms with van der Waals surface area (Å²) in [6.07, 6.45) is 0.0774. The van der Waals surface area contributed by atoms with Gasteiger partial charge in [-0.15, -0.1) is 0 Å². The zero-order valence-corrected chi connectivity index (χ0v) is 16.3. The lowest BCUT2D eigenvalue weighted by molar-refractivity contribution is -0.384. The monoisotopic (exact) mass is 400 g/mol. The predicted molar refractivity (Wildman–Crippen MR) is 103 cm³/mol. The van der Waals surface area contributed by atoms with Crippen LogP contribution in [0.3, 0.4) is 0 Å². The number of nitro groups is 1. The van der Waals surface area contributed by atoms with E-state index in [1.807, 2.05) is 0 Å². The minimum Gasteiger partial charge on any atom is -0.481 e. The van der Waals surface area contributed by atoms with Crippen molar-refractivity contribution in [2.24, 2.45) is 0 Å².